The highest BCUT2D eigenvalue weighted by Gasteiger charge is 2.16. The first-order valence-electron chi connectivity index (χ1n) is 6.40. The van der Waals surface area contributed by atoms with Crippen LogP contribution in [-0.4, -0.2) is 44.8 Å². The van der Waals surface area contributed by atoms with Gasteiger partial charge >= 0.3 is 0 Å². The number of sulfone groups is 1. The van der Waals surface area contributed by atoms with E-state index >= 15 is 0 Å². The molecule has 6 nitrogen and oxygen atoms in total. The molecule has 1 heterocycles. The second kappa shape index (κ2) is 5.69. The van der Waals surface area contributed by atoms with Crippen LogP contribution in [0.1, 0.15) is 5.56 Å². The molecule has 0 saturated carbocycles. The number of para-hydroxylation sites is 1. The molecule has 112 valence electrons. The Morgan fingerprint density at radius 3 is 2.67 bits per heavy atom. The van der Waals surface area contributed by atoms with Gasteiger partial charge < -0.3 is 10.6 Å². The molecule has 1 aromatic heterocycles. The molecular formula is C14H18N4O2S. The number of anilines is 1. The third-order valence-corrected chi connectivity index (χ3v) is 4.14. The van der Waals surface area contributed by atoms with Crippen molar-refractivity contribution in [2.24, 2.45) is 5.73 Å². The summed E-state index contributed by atoms with van der Waals surface area (Å²) >= 11 is 0. The van der Waals surface area contributed by atoms with E-state index in [0.29, 0.717) is 12.1 Å². The van der Waals surface area contributed by atoms with Crippen LogP contribution in [0.25, 0.3) is 10.9 Å². The molecule has 0 atom stereocenters. The highest BCUT2D eigenvalue weighted by Crippen LogP contribution is 2.28. The second-order valence-electron chi connectivity index (χ2n) is 5.00. The van der Waals surface area contributed by atoms with E-state index in [1.807, 2.05) is 29.2 Å². The van der Waals surface area contributed by atoms with Gasteiger partial charge in [0, 0.05) is 31.4 Å². The van der Waals surface area contributed by atoms with Crippen molar-refractivity contribution in [3.05, 3.63) is 36.0 Å². The first kappa shape index (κ1) is 15.2. The lowest BCUT2D eigenvalue weighted by Gasteiger charge is -2.23. The Morgan fingerprint density at radius 2 is 2.05 bits per heavy atom. The number of rotatable bonds is 5. The summed E-state index contributed by atoms with van der Waals surface area (Å²) in [7, 11) is -1.26. The van der Waals surface area contributed by atoms with Gasteiger partial charge in [0.15, 0.2) is 0 Å². The molecule has 3 N–H and O–H groups in total. The van der Waals surface area contributed by atoms with Crippen LogP contribution in [0.2, 0.25) is 0 Å². The number of hydrogen-bond donors (Lipinski definition) is 2. The molecule has 7 heteroatoms. The summed E-state index contributed by atoms with van der Waals surface area (Å²) in [4.78, 5) is 6.10. The van der Waals surface area contributed by atoms with Crippen LogP contribution < -0.4 is 10.6 Å². The summed E-state index contributed by atoms with van der Waals surface area (Å²) in [5.41, 5.74) is 7.64. The summed E-state index contributed by atoms with van der Waals surface area (Å²) < 4.78 is 22.7. The van der Waals surface area contributed by atoms with Crippen LogP contribution in [0.4, 0.5) is 5.69 Å². The maximum absolute atomic E-state index is 11.3. The van der Waals surface area contributed by atoms with Gasteiger partial charge in [0.05, 0.1) is 22.5 Å². The highest BCUT2D eigenvalue weighted by atomic mass is 32.2. The third-order valence-electron chi connectivity index (χ3n) is 3.22. The molecule has 2 aromatic rings. The molecule has 0 spiro atoms. The van der Waals surface area contributed by atoms with Crippen molar-refractivity contribution in [2.45, 2.75) is 0 Å². The van der Waals surface area contributed by atoms with Crippen molar-refractivity contribution in [2.75, 3.05) is 30.5 Å². The number of hydrogen-bond acceptors (Lipinski definition) is 5. The van der Waals surface area contributed by atoms with Crippen LogP contribution in [0, 0.1) is 5.41 Å². The normalized spacial score (nSPS) is 11.5. The van der Waals surface area contributed by atoms with E-state index in [-0.39, 0.29) is 11.6 Å². The molecule has 1 aromatic carbocycles. The largest absolute Gasteiger partial charge is 0.384 e. The average molecular weight is 306 g/mol. The lowest BCUT2D eigenvalue weighted by molar-refractivity contribution is 0.601. The van der Waals surface area contributed by atoms with E-state index in [1.165, 1.54) is 6.26 Å². The van der Waals surface area contributed by atoms with E-state index in [0.717, 1.165) is 16.6 Å². The summed E-state index contributed by atoms with van der Waals surface area (Å²) in [5.74, 6) is -0.0493. The summed E-state index contributed by atoms with van der Waals surface area (Å²) in [5, 5.41) is 8.54. The van der Waals surface area contributed by atoms with Crippen LogP contribution in [0.3, 0.4) is 0 Å². The minimum atomic E-state index is -3.06. The first-order chi connectivity index (χ1) is 9.79. The number of fused-ring (bicyclic) bond motifs is 1. The van der Waals surface area contributed by atoms with Gasteiger partial charge in [-0.2, -0.15) is 0 Å². The Labute approximate surface area is 124 Å². The fraction of sp³-hybridized carbons (Fsp3) is 0.286. The minimum absolute atomic E-state index is 0.0392. The molecule has 0 aliphatic rings. The van der Waals surface area contributed by atoms with Gasteiger partial charge in [-0.25, -0.2) is 8.42 Å². The smallest absolute Gasteiger partial charge is 0.149 e. The standard InChI is InChI=1S/C14H18N4O2S/c1-18(7-8-21(2,19)20)13-10-5-3-4-6-12(10)17-9-11(13)14(15)16/h3-6,9H,7-8H2,1-2H3,(H3,15,16). The fourth-order valence-corrected chi connectivity index (χ4v) is 2.76. The molecule has 0 aliphatic heterocycles. The summed E-state index contributed by atoms with van der Waals surface area (Å²) in [6.07, 6.45) is 2.76. The van der Waals surface area contributed by atoms with E-state index in [1.54, 1.807) is 13.2 Å². The highest BCUT2D eigenvalue weighted by molar-refractivity contribution is 7.90. The zero-order valence-corrected chi connectivity index (χ0v) is 12.8. The molecule has 0 radical (unpaired) electrons. The van der Waals surface area contributed by atoms with Gasteiger partial charge in [0.25, 0.3) is 0 Å². The Kier molecular flexibility index (Phi) is 4.13. The maximum Gasteiger partial charge on any atom is 0.149 e. The fourth-order valence-electron chi connectivity index (χ4n) is 2.15. The molecular weight excluding hydrogens is 288 g/mol. The quantitative estimate of drug-likeness (QED) is 0.634. The summed E-state index contributed by atoms with van der Waals surface area (Å²) in [6, 6.07) is 7.51. The second-order valence-corrected chi connectivity index (χ2v) is 7.26. The van der Waals surface area contributed by atoms with Crippen LogP contribution in [0.5, 0.6) is 0 Å². The predicted octanol–water partition coefficient (Wildman–Crippen LogP) is 1.000. The molecule has 0 aliphatic carbocycles. The van der Waals surface area contributed by atoms with E-state index < -0.39 is 9.84 Å². The number of aromatic nitrogens is 1. The van der Waals surface area contributed by atoms with Gasteiger partial charge in [-0.3, -0.25) is 10.4 Å². The molecule has 0 saturated heterocycles. The van der Waals surface area contributed by atoms with Gasteiger partial charge in [-0.15, -0.1) is 0 Å². The molecule has 21 heavy (non-hydrogen) atoms. The number of pyridine rings is 1. The van der Waals surface area contributed by atoms with Crippen molar-refractivity contribution < 1.29 is 8.42 Å². The van der Waals surface area contributed by atoms with Crippen molar-refractivity contribution in [1.29, 1.82) is 5.41 Å². The zero-order chi connectivity index (χ0) is 15.6. The first-order valence-corrected chi connectivity index (χ1v) is 8.46. The number of nitrogens with zero attached hydrogens (tertiary/aromatic N) is 2. The molecule has 0 fully saturated rings. The molecule has 0 bridgehead atoms. The Morgan fingerprint density at radius 1 is 1.38 bits per heavy atom. The monoisotopic (exact) mass is 306 g/mol. The van der Waals surface area contributed by atoms with E-state index in [9.17, 15) is 8.42 Å². The predicted molar refractivity (Wildman–Crippen MR) is 85.7 cm³/mol. The minimum Gasteiger partial charge on any atom is -0.384 e. The van der Waals surface area contributed by atoms with Crippen molar-refractivity contribution in [1.82, 2.24) is 4.98 Å². The Balaban J connectivity index is 2.53. The lowest BCUT2D eigenvalue weighted by atomic mass is 10.1. The van der Waals surface area contributed by atoms with Crippen LogP contribution >= 0.6 is 0 Å². The maximum atomic E-state index is 11.3. The number of nitrogen functional groups attached to an aromatic ring is 1. The Hall–Kier alpha value is -2.15. The molecule has 2 rings (SSSR count). The summed E-state index contributed by atoms with van der Waals surface area (Å²) in [6.45, 7) is 0.327. The van der Waals surface area contributed by atoms with Crippen molar-refractivity contribution in [3.63, 3.8) is 0 Å². The van der Waals surface area contributed by atoms with Gasteiger partial charge in [-0.1, -0.05) is 18.2 Å². The van der Waals surface area contributed by atoms with Gasteiger partial charge in [0.2, 0.25) is 0 Å². The third kappa shape index (κ3) is 3.49. The number of nitrogens with two attached hydrogens (primary N) is 1. The SMILES string of the molecule is CN(CCS(C)(=O)=O)c1c(C(=N)N)cnc2ccccc12. The van der Waals surface area contributed by atoms with E-state index in [2.05, 4.69) is 4.98 Å². The van der Waals surface area contributed by atoms with E-state index in [4.69, 9.17) is 11.1 Å². The number of nitrogens with one attached hydrogen (secondary N) is 1. The van der Waals surface area contributed by atoms with Gasteiger partial charge in [0.1, 0.15) is 15.7 Å². The number of amidine groups is 1. The van der Waals surface area contributed by atoms with Crippen LogP contribution in [-0.2, 0) is 9.84 Å². The molecule has 0 amide bonds. The van der Waals surface area contributed by atoms with Crippen molar-refractivity contribution >= 4 is 32.3 Å². The van der Waals surface area contributed by atoms with Gasteiger partial charge in [-0.05, 0) is 6.07 Å². The average Bonchev–Trinajstić information content (AvgIpc) is 2.42. The lowest BCUT2D eigenvalue weighted by Crippen LogP contribution is -2.28. The molecule has 0 unspecified atom stereocenters. The zero-order valence-electron chi connectivity index (χ0n) is 12.0. The topological polar surface area (TPSA) is 100 Å². The number of benzene rings is 1. The van der Waals surface area contributed by atoms with Crippen LogP contribution in [0.15, 0.2) is 30.5 Å². The Bertz CT molecular complexity index is 787. The van der Waals surface area contributed by atoms with Crippen molar-refractivity contribution in [3.8, 4) is 0 Å².